The smallest absolute Gasteiger partial charge is 0.417 e. The van der Waals surface area contributed by atoms with Gasteiger partial charge < -0.3 is 4.74 Å². The zero-order chi connectivity index (χ0) is 23.9. The van der Waals surface area contributed by atoms with Crippen molar-refractivity contribution in [1.29, 1.82) is 0 Å². The summed E-state index contributed by atoms with van der Waals surface area (Å²) in [7, 11) is -1.34. The average molecular weight is 478 g/mol. The minimum Gasteiger partial charge on any atom is -0.493 e. The van der Waals surface area contributed by atoms with Gasteiger partial charge in [-0.05, 0) is 33.1 Å². The molecule has 0 radical (unpaired) electrons. The van der Waals surface area contributed by atoms with Crippen LogP contribution in [0.3, 0.4) is 0 Å². The van der Waals surface area contributed by atoms with E-state index < -0.39 is 48.6 Å². The van der Waals surface area contributed by atoms with Gasteiger partial charge in [0.2, 0.25) is 0 Å². The van der Waals surface area contributed by atoms with Gasteiger partial charge in [-0.1, -0.05) is 63.4 Å². The van der Waals surface area contributed by atoms with Crippen LogP contribution in [0.1, 0.15) is 61.0 Å². The SMILES string of the molecule is CCCCC(CC)COc1cc(C(F)(F)F)c(PC(=O)c2ccccc2)c(C(F)(F)F)c1. The van der Waals surface area contributed by atoms with Gasteiger partial charge in [-0.2, -0.15) is 26.3 Å². The number of benzene rings is 2. The Morgan fingerprint density at radius 2 is 1.53 bits per heavy atom. The lowest BCUT2D eigenvalue weighted by Crippen LogP contribution is -2.26. The molecule has 2 unspecified atom stereocenters. The van der Waals surface area contributed by atoms with Crippen LogP contribution in [0.15, 0.2) is 42.5 Å². The molecule has 9 heteroatoms. The highest BCUT2D eigenvalue weighted by Gasteiger charge is 2.42. The summed E-state index contributed by atoms with van der Waals surface area (Å²) in [6, 6.07) is 8.44. The molecule has 176 valence electrons. The van der Waals surface area contributed by atoms with Crippen molar-refractivity contribution in [3.63, 3.8) is 0 Å². The maximum atomic E-state index is 13.8. The summed E-state index contributed by atoms with van der Waals surface area (Å²) in [5.41, 5.74) is -3.74. The number of halogens is 6. The summed E-state index contributed by atoms with van der Waals surface area (Å²) in [6.07, 6.45) is -6.86. The lowest BCUT2D eigenvalue weighted by Gasteiger charge is -2.21. The number of carbonyl (C=O) groups excluding carboxylic acids is 1. The number of ether oxygens (including phenoxy) is 1. The Morgan fingerprint density at radius 3 is 2.00 bits per heavy atom. The molecule has 0 aliphatic rings. The number of hydrogen-bond donors (Lipinski definition) is 0. The second-order valence-corrected chi connectivity index (χ2v) is 8.64. The molecule has 2 nitrogen and oxygen atoms in total. The highest BCUT2D eigenvalue weighted by Crippen LogP contribution is 2.41. The lowest BCUT2D eigenvalue weighted by atomic mass is 10.0. The topological polar surface area (TPSA) is 26.3 Å². The molecule has 0 aromatic heterocycles. The number of hydrogen-bond acceptors (Lipinski definition) is 2. The van der Waals surface area contributed by atoms with E-state index in [1.165, 1.54) is 24.3 Å². The van der Waals surface area contributed by atoms with Gasteiger partial charge in [-0.3, -0.25) is 4.79 Å². The Morgan fingerprint density at radius 1 is 0.969 bits per heavy atom. The first-order valence-corrected chi connectivity index (χ1v) is 11.3. The molecule has 0 saturated carbocycles. The summed E-state index contributed by atoms with van der Waals surface area (Å²) in [5, 5.41) is -1.07. The van der Waals surface area contributed by atoms with E-state index >= 15 is 0 Å². The molecule has 0 amide bonds. The standard InChI is InChI=1S/C23H25F6O2P/c1-3-5-9-15(4-2)14-31-17-12-18(22(24,25)26)20(19(13-17)23(27,28)29)32-21(30)16-10-7-6-8-11-16/h6-8,10-13,15,32H,3-5,9,14H2,1-2H3. The summed E-state index contributed by atoms with van der Waals surface area (Å²) in [4.78, 5) is 12.5. The quantitative estimate of drug-likeness (QED) is 0.262. The third-order valence-electron chi connectivity index (χ3n) is 5.03. The first-order valence-electron chi connectivity index (χ1n) is 10.3. The van der Waals surface area contributed by atoms with Gasteiger partial charge in [0.25, 0.3) is 0 Å². The largest absolute Gasteiger partial charge is 0.493 e. The van der Waals surface area contributed by atoms with Crippen LogP contribution in [-0.2, 0) is 12.4 Å². The summed E-state index contributed by atoms with van der Waals surface area (Å²) >= 11 is 0. The van der Waals surface area contributed by atoms with E-state index in [4.69, 9.17) is 4.74 Å². The van der Waals surface area contributed by atoms with Crippen molar-refractivity contribution in [2.24, 2.45) is 5.92 Å². The van der Waals surface area contributed by atoms with Gasteiger partial charge in [-0.25, -0.2) is 0 Å². The third-order valence-corrected chi connectivity index (χ3v) is 6.33. The number of alkyl halides is 6. The summed E-state index contributed by atoms with van der Waals surface area (Å²) in [5.74, 6) is -0.472. The molecular weight excluding hydrogens is 453 g/mol. The number of rotatable bonds is 10. The van der Waals surface area contributed by atoms with Gasteiger partial charge >= 0.3 is 12.4 Å². The molecule has 0 bridgehead atoms. The highest BCUT2D eigenvalue weighted by molar-refractivity contribution is 7.66. The molecule has 0 N–H and O–H groups in total. The van der Waals surface area contributed by atoms with Crippen molar-refractivity contribution in [2.45, 2.75) is 51.9 Å². The molecule has 2 atom stereocenters. The van der Waals surface area contributed by atoms with Crippen molar-refractivity contribution < 1.29 is 35.9 Å². The molecule has 0 aliphatic carbocycles. The van der Waals surface area contributed by atoms with Crippen molar-refractivity contribution in [3.05, 3.63) is 59.2 Å². The van der Waals surface area contributed by atoms with Crippen LogP contribution in [0, 0.1) is 5.92 Å². The van der Waals surface area contributed by atoms with Crippen LogP contribution in [0.4, 0.5) is 26.3 Å². The van der Waals surface area contributed by atoms with E-state index in [2.05, 4.69) is 0 Å². The maximum Gasteiger partial charge on any atom is 0.417 e. The Labute approximate surface area is 185 Å². The van der Waals surface area contributed by atoms with Crippen LogP contribution in [0.2, 0.25) is 0 Å². The zero-order valence-corrected chi connectivity index (χ0v) is 18.7. The molecule has 2 aromatic rings. The Balaban J connectivity index is 2.47. The first kappa shape index (κ1) is 26.2. The van der Waals surface area contributed by atoms with E-state index in [1.54, 1.807) is 6.07 Å². The Kier molecular flexibility index (Phi) is 9.14. The summed E-state index contributed by atoms with van der Waals surface area (Å²) in [6.45, 7) is 3.91. The molecule has 32 heavy (non-hydrogen) atoms. The van der Waals surface area contributed by atoms with Gasteiger partial charge in [0, 0.05) is 10.9 Å². The van der Waals surface area contributed by atoms with E-state index in [-0.39, 0.29) is 18.1 Å². The fourth-order valence-electron chi connectivity index (χ4n) is 3.17. The van der Waals surface area contributed by atoms with Crippen molar-refractivity contribution >= 4 is 19.4 Å². The van der Waals surface area contributed by atoms with E-state index in [0.717, 1.165) is 19.3 Å². The molecule has 0 fully saturated rings. The molecule has 0 aliphatic heterocycles. The van der Waals surface area contributed by atoms with Crippen LogP contribution >= 0.6 is 8.58 Å². The minimum atomic E-state index is -5.08. The third kappa shape index (κ3) is 7.22. The van der Waals surface area contributed by atoms with Crippen LogP contribution < -0.4 is 10.0 Å². The maximum absolute atomic E-state index is 13.8. The van der Waals surface area contributed by atoms with Crippen molar-refractivity contribution in [1.82, 2.24) is 0 Å². The van der Waals surface area contributed by atoms with Crippen LogP contribution in [0.5, 0.6) is 5.75 Å². The van der Waals surface area contributed by atoms with Crippen LogP contribution in [-0.4, -0.2) is 12.1 Å². The van der Waals surface area contributed by atoms with Gasteiger partial charge in [0.1, 0.15) is 5.75 Å². The number of unbranched alkanes of at least 4 members (excludes halogenated alkanes) is 1. The van der Waals surface area contributed by atoms with Crippen molar-refractivity contribution in [2.75, 3.05) is 6.61 Å². The first-order chi connectivity index (χ1) is 15.0. The van der Waals surface area contributed by atoms with Crippen molar-refractivity contribution in [3.8, 4) is 5.75 Å². The van der Waals surface area contributed by atoms with Gasteiger partial charge in [0.15, 0.2) is 5.52 Å². The second-order valence-electron chi connectivity index (χ2n) is 7.44. The predicted molar refractivity (Wildman–Crippen MR) is 114 cm³/mol. The molecule has 0 heterocycles. The molecule has 0 spiro atoms. The van der Waals surface area contributed by atoms with Gasteiger partial charge in [0.05, 0.1) is 17.7 Å². The monoisotopic (exact) mass is 478 g/mol. The van der Waals surface area contributed by atoms with Gasteiger partial charge in [-0.15, -0.1) is 0 Å². The van der Waals surface area contributed by atoms with Crippen LogP contribution in [0.25, 0.3) is 0 Å². The molecular formula is C23H25F6O2P. The Hall–Kier alpha value is -2.08. The second kappa shape index (κ2) is 11.2. The fraction of sp³-hybridized carbons (Fsp3) is 0.435. The molecule has 2 aromatic carbocycles. The highest BCUT2D eigenvalue weighted by atomic mass is 31.1. The lowest BCUT2D eigenvalue weighted by molar-refractivity contribution is -0.141. The Bertz CT molecular complexity index is 859. The van der Waals surface area contributed by atoms with E-state index in [9.17, 15) is 31.1 Å². The number of carbonyl (C=O) groups is 1. The van der Waals surface area contributed by atoms with E-state index in [0.29, 0.717) is 18.6 Å². The zero-order valence-electron chi connectivity index (χ0n) is 17.7. The molecule has 0 saturated heterocycles. The molecule has 2 rings (SSSR count). The fourth-order valence-corrected chi connectivity index (χ4v) is 4.40. The normalized spacial score (nSPS) is 13.5. The minimum absolute atomic E-state index is 0.0235. The average Bonchev–Trinajstić information content (AvgIpc) is 2.73. The van der Waals surface area contributed by atoms with E-state index in [1.807, 2.05) is 13.8 Å². The predicted octanol–water partition coefficient (Wildman–Crippen LogP) is 7.46. The summed E-state index contributed by atoms with van der Waals surface area (Å²) < 4.78 is 87.9.